The van der Waals surface area contributed by atoms with E-state index in [4.69, 9.17) is 9.84 Å². The largest absolute Gasteiger partial charge is 0.495 e. The number of rotatable bonds is 7. The van der Waals surface area contributed by atoms with Gasteiger partial charge in [-0.3, -0.25) is 4.79 Å². The Morgan fingerprint density at radius 2 is 1.81 bits per heavy atom. The second-order valence-electron chi connectivity index (χ2n) is 7.21. The summed E-state index contributed by atoms with van der Waals surface area (Å²) in [5, 5.41) is 9.41. The topological polar surface area (TPSA) is 85.6 Å². The van der Waals surface area contributed by atoms with Crippen LogP contribution in [0.2, 0.25) is 0 Å². The number of aliphatic carboxylic acids is 1. The Labute approximate surface area is 184 Å². The molecule has 0 unspecified atom stereocenters. The number of methoxy groups -OCH3 is 1. The molecule has 6 nitrogen and oxygen atoms in total. The van der Waals surface area contributed by atoms with Gasteiger partial charge in [0.05, 0.1) is 12.6 Å². The highest BCUT2D eigenvalue weighted by Crippen LogP contribution is 2.38. The number of hydrogen-bond donors (Lipinski definition) is 1. The maximum Gasteiger partial charge on any atom is 0.303 e. The van der Waals surface area contributed by atoms with Crippen LogP contribution in [0.1, 0.15) is 12.0 Å². The zero-order valence-corrected chi connectivity index (χ0v) is 18.0. The number of carboxylic acid groups (broad SMARTS) is 1. The lowest BCUT2D eigenvalue weighted by molar-refractivity contribution is -0.136. The number of carboxylic acids is 1. The van der Waals surface area contributed by atoms with E-state index in [2.05, 4.69) is 0 Å². The SMILES string of the molecule is COc1cccc(-c2ccccc2)c1S(=O)(=O)n1cc(CCC(=O)O)c2cc(F)ccc21. The number of ether oxygens (including phenoxy) is 1. The van der Waals surface area contributed by atoms with Gasteiger partial charge in [0.2, 0.25) is 0 Å². The average molecular weight is 453 g/mol. The van der Waals surface area contributed by atoms with Gasteiger partial charge in [0.1, 0.15) is 16.5 Å². The van der Waals surface area contributed by atoms with Gasteiger partial charge in [0.15, 0.2) is 0 Å². The summed E-state index contributed by atoms with van der Waals surface area (Å²) in [5.74, 6) is -1.39. The highest BCUT2D eigenvalue weighted by molar-refractivity contribution is 7.90. The summed E-state index contributed by atoms with van der Waals surface area (Å²) in [6.07, 6.45) is 1.22. The molecule has 0 atom stereocenters. The monoisotopic (exact) mass is 453 g/mol. The molecule has 0 aliphatic heterocycles. The van der Waals surface area contributed by atoms with Crippen LogP contribution >= 0.6 is 0 Å². The average Bonchev–Trinajstić information content (AvgIpc) is 3.16. The van der Waals surface area contributed by atoms with Crippen LogP contribution in [-0.4, -0.2) is 30.6 Å². The number of aromatic nitrogens is 1. The number of nitrogens with zero attached hydrogens (tertiary/aromatic N) is 1. The molecule has 0 aliphatic rings. The zero-order valence-electron chi connectivity index (χ0n) is 17.2. The second kappa shape index (κ2) is 8.47. The molecule has 1 heterocycles. The van der Waals surface area contributed by atoms with Gasteiger partial charge >= 0.3 is 5.97 Å². The Bertz CT molecular complexity index is 1410. The van der Waals surface area contributed by atoms with E-state index in [1.165, 1.54) is 31.5 Å². The van der Waals surface area contributed by atoms with Crippen LogP contribution in [0.4, 0.5) is 4.39 Å². The van der Waals surface area contributed by atoms with Crippen molar-refractivity contribution < 1.29 is 27.4 Å². The Morgan fingerprint density at radius 1 is 1.06 bits per heavy atom. The Kier molecular flexibility index (Phi) is 5.71. The molecule has 3 aromatic carbocycles. The fraction of sp³-hybridized carbons (Fsp3) is 0.125. The predicted octanol–water partition coefficient (Wildman–Crippen LogP) is 4.71. The lowest BCUT2D eigenvalue weighted by Gasteiger charge is -2.16. The third-order valence-corrected chi connectivity index (χ3v) is 6.98. The number of carbonyl (C=O) groups is 1. The van der Waals surface area contributed by atoms with Crippen LogP contribution in [-0.2, 0) is 21.2 Å². The minimum atomic E-state index is -4.20. The van der Waals surface area contributed by atoms with Crippen molar-refractivity contribution in [3.63, 3.8) is 0 Å². The Balaban J connectivity index is 1.98. The van der Waals surface area contributed by atoms with E-state index in [0.717, 1.165) is 3.97 Å². The third-order valence-electron chi connectivity index (χ3n) is 5.22. The molecule has 8 heteroatoms. The molecule has 0 fully saturated rings. The molecule has 32 heavy (non-hydrogen) atoms. The van der Waals surface area contributed by atoms with Gasteiger partial charge < -0.3 is 9.84 Å². The fourth-order valence-electron chi connectivity index (χ4n) is 3.76. The Morgan fingerprint density at radius 3 is 2.50 bits per heavy atom. The van der Waals surface area contributed by atoms with Crippen molar-refractivity contribution in [3.05, 3.63) is 84.3 Å². The van der Waals surface area contributed by atoms with Crippen LogP contribution < -0.4 is 4.74 Å². The summed E-state index contributed by atoms with van der Waals surface area (Å²) in [7, 11) is -2.80. The molecule has 0 saturated carbocycles. The first kappa shape index (κ1) is 21.6. The maximum absolute atomic E-state index is 14.0. The molecule has 0 spiro atoms. The van der Waals surface area contributed by atoms with Crippen molar-refractivity contribution >= 4 is 26.9 Å². The highest BCUT2D eigenvalue weighted by Gasteiger charge is 2.28. The first-order valence-electron chi connectivity index (χ1n) is 9.82. The quantitative estimate of drug-likeness (QED) is 0.438. The van der Waals surface area contributed by atoms with E-state index in [0.29, 0.717) is 22.1 Å². The van der Waals surface area contributed by atoms with Gasteiger partial charge in [0.25, 0.3) is 10.0 Å². The number of aryl methyl sites for hydroxylation is 1. The number of fused-ring (bicyclic) bond motifs is 1. The first-order valence-corrected chi connectivity index (χ1v) is 11.3. The van der Waals surface area contributed by atoms with Crippen LogP contribution in [0.5, 0.6) is 5.75 Å². The van der Waals surface area contributed by atoms with Crippen LogP contribution in [0.15, 0.2) is 77.8 Å². The van der Waals surface area contributed by atoms with Crippen molar-refractivity contribution in [2.45, 2.75) is 17.7 Å². The third kappa shape index (κ3) is 3.85. The fourth-order valence-corrected chi connectivity index (χ4v) is 5.51. The molecule has 0 bridgehead atoms. The molecule has 1 N–H and O–H groups in total. The normalized spacial score (nSPS) is 11.6. The molecule has 4 aromatic rings. The van der Waals surface area contributed by atoms with Gasteiger partial charge in [-0.15, -0.1) is 0 Å². The van der Waals surface area contributed by atoms with Crippen molar-refractivity contribution in [3.8, 4) is 16.9 Å². The van der Waals surface area contributed by atoms with Crippen molar-refractivity contribution in [2.24, 2.45) is 0 Å². The smallest absolute Gasteiger partial charge is 0.303 e. The lowest BCUT2D eigenvalue weighted by Crippen LogP contribution is -2.14. The molecule has 0 radical (unpaired) electrons. The van der Waals surface area contributed by atoms with Gasteiger partial charge in [0, 0.05) is 23.6 Å². The van der Waals surface area contributed by atoms with Gasteiger partial charge in [-0.25, -0.2) is 16.8 Å². The second-order valence-corrected chi connectivity index (χ2v) is 8.97. The lowest BCUT2D eigenvalue weighted by atomic mass is 10.1. The molecule has 4 rings (SSSR count). The van der Waals surface area contributed by atoms with Crippen LogP contribution in [0.3, 0.4) is 0 Å². The molecular weight excluding hydrogens is 433 g/mol. The molecule has 164 valence electrons. The van der Waals surface area contributed by atoms with Crippen molar-refractivity contribution in [1.82, 2.24) is 3.97 Å². The summed E-state index contributed by atoms with van der Waals surface area (Å²) in [4.78, 5) is 11.0. The summed E-state index contributed by atoms with van der Waals surface area (Å²) in [6.45, 7) is 0. The van der Waals surface area contributed by atoms with Crippen LogP contribution in [0, 0.1) is 5.82 Å². The summed E-state index contributed by atoms with van der Waals surface area (Å²) in [5.41, 5.74) is 1.85. The van der Waals surface area contributed by atoms with E-state index in [1.54, 1.807) is 30.3 Å². The van der Waals surface area contributed by atoms with Crippen molar-refractivity contribution in [1.29, 1.82) is 0 Å². The van der Waals surface area contributed by atoms with E-state index in [1.807, 2.05) is 18.2 Å². The molecule has 1 aromatic heterocycles. The number of benzene rings is 3. The van der Waals surface area contributed by atoms with Crippen LogP contribution in [0.25, 0.3) is 22.0 Å². The molecule has 0 amide bonds. The Hall–Kier alpha value is -3.65. The molecule has 0 aliphatic carbocycles. The molecular formula is C24H20FNO5S. The van der Waals surface area contributed by atoms with E-state index >= 15 is 0 Å². The van der Waals surface area contributed by atoms with E-state index in [9.17, 15) is 17.6 Å². The van der Waals surface area contributed by atoms with Gasteiger partial charge in [-0.05, 0) is 41.8 Å². The van der Waals surface area contributed by atoms with E-state index in [-0.39, 0.29) is 29.0 Å². The number of hydrogen-bond acceptors (Lipinski definition) is 4. The summed E-state index contributed by atoms with van der Waals surface area (Å²) in [6, 6.07) is 17.8. The molecule has 0 saturated heterocycles. The number of halogens is 1. The van der Waals surface area contributed by atoms with Gasteiger partial charge in [-0.1, -0.05) is 42.5 Å². The van der Waals surface area contributed by atoms with Gasteiger partial charge in [-0.2, -0.15) is 0 Å². The zero-order chi connectivity index (χ0) is 22.9. The maximum atomic E-state index is 14.0. The van der Waals surface area contributed by atoms with E-state index < -0.39 is 21.8 Å². The predicted molar refractivity (Wildman–Crippen MR) is 119 cm³/mol. The summed E-state index contributed by atoms with van der Waals surface area (Å²) >= 11 is 0. The highest BCUT2D eigenvalue weighted by atomic mass is 32.2. The summed E-state index contributed by atoms with van der Waals surface area (Å²) < 4.78 is 48.3. The standard InChI is InChI=1S/C24H20FNO5S/c1-31-22-9-5-8-19(16-6-3-2-4-7-16)24(22)32(29,30)26-15-17(10-13-23(27)28)20-14-18(25)11-12-21(20)26/h2-9,11-12,14-15H,10,13H2,1H3,(H,27,28). The van der Waals surface area contributed by atoms with Crippen molar-refractivity contribution in [2.75, 3.05) is 7.11 Å². The first-order chi connectivity index (χ1) is 15.3. The minimum Gasteiger partial charge on any atom is -0.495 e. The minimum absolute atomic E-state index is 0.0280.